The summed E-state index contributed by atoms with van der Waals surface area (Å²) in [5.41, 5.74) is 2.56. The van der Waals surface area contributed by atoms with Gasteiger partial charge in [-0.25, -0.2) is 23.3 Å². The van der Waals surface area contributed by atoms with E-state index in [1.165, 1.54) is 43.0 Å². The number of hydrogen-bond acceptors (Lipinski definition) is 5. The van der Waals surface area contributed by atoms with E-state index >= 15 is 0 Å². The van der Waals surface area contributed by atoms with Crippen molar-refractivity contribution >= 4 is 5.82 Å². The molecule has 2 heterocycles. The molecule has 8 heteroatoms. The molecule has 1 aliphatic rings. The van der Waals surface area contributed by atoms with E-state index in [0.717, 1.165) is 5.92 Å². The number of halogens is 1. The molecule has 0 spiro atoms. The Balaban J connectivity index is 0.000000399. The van der Waals surface area contributed by atoms with Gasteiger partial charge >= 0.3 is 0 Å². The molecule has 1 saturated heterocycles. The van der Waals surface area contributed by atoms with Crippen LogP contribution < -0.4 is 28.2 Å². The predicted octanol–water partition coefficient (Wildman–Crippen LogP) is -2.00. The summed E-state index contributed by atoms with van der Waals surface area (Å²) >= 11 is 0. The average molecular weight is 370 g/mol. The molecule has 2 aromatic rings. The van der Waals surface area contributed by atoms with Crippen molar-refractivity contribution in [2.45, 2.75) is 19.8 Å². The fraction of sp³-hybridized carbons (Fsp3) is 0.471. The highest BCUT2D eigenvalue weighted by Gasteiger charge is 2.27. The Morgan fingerprint density at radius 2 is 1.72 bits per heavy atom. The molecule has 3 rings (SSSR count). The molecule has 1 fully saturated rings. The van der Waals surface area contributed by atoms with Crippen molar-refractivity contribution in [3.8, 4) is 11.3 Å². The van der Waals surface area contributed by atoms with Gasteiger partial charge in [0.1, 0.15) is 7.05 Å². The molecule has 0 aliphatic carbocycles. The van der Waals surface area contributed by atoms with Gasteiger partial charge in [-0.2, -0.15) is 4.68 Å². The zero-order valence-electron chi connectivity index (χ0n) is 14.7. The molecule has 0 bridgehead atoms. The van der Waals surface area contributed by atoms with E-state index in [0.29, 0.717) is 0 Å². The molecule has 0 saturated carbocycles. The van der Waals surface area contributed by atoms with Gasteiger partial charge in [0.15, 0.2) is 0 Å². The molecule has 0 amide bonds. The smallest absolute Gasteiger partial charge is 0.260 e. The molecule has 138 valence electrons. The molecule has 1 aromatic heterocycles. The molecule has 1 aromatic carbocycles. The Kier molecular flexibility index (Phi) is 6.42. The van der Waals surface area contributed by atoms with Crippen LogP contribution in [0.2, 0.25) is 0 Å². The van der Waals surface area contributed by atoms with Crippen LogP contribution in [0.25, 0.3) is 11.3 Å². The third-order valence-corrected chi connectivity index (χ3v) is 4.45. The highest BCUT2D eigenvalue weighted by Crippen LogP contribution is 2.25. The molecule has 0 N–H and O–H groups in total. The Morgan fingerprint density at radius 1 is 1.12 bits per heavy atom. The minimum Gasteiger partial charge on any atom is -0.260 e. The lowest BCUT2D eigenvalue weighted by atomic mass is 10.0. The van der Waals surface area contributed by atoms with Gasteiger partial charge < -0.3 is 0 Å². The monoisotopic (exact) mass is 369 g/mol. The van der Waals surface area contributed by atoms with Crippen LogP contribution in [-0.4, -0.2) is 17.8 Å². The lowest BCUT2D eigenvalue weighted by Gasteiger charge is -2.25. The first-order valence-electron chi connectivity index (χ1n) is 8.15. The lowest BCUT2D eigenvalue weighted by Crippen LogP contribution is -2.68. The zero-order chi connectivity index (χ0) is 18.6. The summed E-state index contributed by atoms with van der Waals surface area (Å²) in [6, 6.07) is 13.0. The van der Waals surface area contributed by atoms with Crippen LogP contribution in [0.1, 0.15) is 19.8 Å². The van der Waals surface area contributed by atoms with Gasteiger partial charge in [-0.1, -0.05) is 37.3 Å². The van der Waals surface area contributed by atoms with Gasteiger partial charge in [-0.3, -0.25) is 4.90 Å². The molecule has 25 heavy (non-hydrogen) atoms. The van der Waals surface area contributed by atoms with Crippen LogP contribution >= 0.6 is 0 Å². The summed E-state index contributed by atoms with van der Waals surface area (Å²) < 4.78 is 38.5. The Morgan fingerprint density at radius 3 is 2.28 bits per heavy atom. The summed E-state index contributed by atoms with van der Waals surface area (Å²) in [7, 11) is -0.653. The standard InChI is InChI=1S/C17H24N3.ClHO4/c1-14-8-7-11-20(13-14)17-12-16(18(2)19(17)3)15-9-5-4-6-10-15;2-1(3,4)5/h4-6,9-10,12,14H,7-8,11,13H2,1-3H3;(H,2,3,4,5)/q+1;/p-1. The maximum Gasteiger partial charge on any atom is 0.297 e. The SMILES string of the molecule is CC1CCCN(c2cc(-c3ccccc3)n(C)[n+]2C)C1.[O-][Cl+3]([O-])([O-])[O-]. The molecular weight excluding hydrogens is 346 g/mol. The van der Waals surface area contributed by atoms with E-state index in [4.69, 9.17) is 18.6 Å². The largest absolute Gasteiger partial charge is 0.297 e. The normalized spacial score (nSPS) is 17.9. The Hall–Kier alpha value is -1.64. The van der Waals surface area contributed by atoms with Gasteiger partial charge in [0.25, 0.3) is 5.82 Å². The fourth-order valence-corrected chi connectivity index (χ4v) is 3.20. The number of aromatic nitrogens is 2. The van der Waals surface area contributed by atoms with Crippen molar-refractivity contribution < 1.29 is 33.6 Å². The third kappa shape index (κ3) is 5.69. The number of benzene rings is 1. The third-order valence-electron chi connectivity index (χ3n) is 4.45. The molecule has 1 aliphatic heterocycles. The summed E-state index contributed by atoms with van der Waals surface area (Å²) in [4.78, 5) is 2.53. The van der Waals surface area contributed by atoms with Gasteiger partial charge in [0.2, 0.25) is 0 Å². The van der Waals surface area contributed by atoms with E-state index in [1.807, 2.05) is 0 Å². The van der Waals surface area contributed by atoms with Crippen molar-refractivity contribution in [2.24, 2.45) is 20.0 Å². The highest BCUT2D eigenvalue weighted by atomic mass is 35.7. The van der Waals surface area contributed by atoms with Gasteiger partial charge in [0, 0.05) is 12.6 Å². The Bertz CT molecular complexity index is 679. The van der Waals surface area contributed by atoms with Crippen molar-refractivity contribution in [3.63, 3.8) is 0 Å². The number of anilines is 1. The molecule has 7 nitrogen and oxygen atoms in total. The van der Waals surface area contributed by atoms with Gasteiger partial charge in [-0.05, 0) is 18.8 Å². The number of nitrogens with zero attached hydrogens (tertiary/aromatic N) is 3. The van der Waals surface area contributed by atoms with Crippen LogP contribution in [0.5, 0.6) is 0 Å². The van der Waals surface area contributed by atoms with E-state index in [-0.39, 0.29) is 0 Å². The summed E-state index contributed by atoms with van der Waals surface area (Å²) in [6.45, 7) is 4.70. The van der Waals surface area contributed by atoms with Crippen LogP contribution in [-0.2, 0) is 14.1 Å². The quantitative estimate of drug-likeness (QED) is 0.569. The summed E-state index contributed by atoms with van der Waals surface area (Å²) in [6.07, 6.45) is 2.66. The van der Waals surface area contributed by atoms with E-state index < -0.39 is 10.2 Å². The number of piperidine rings is 1. The molecule has 1 atom stereocenters. The van der Waals surface area contributed by atoms with Crippen molar-refractivity contribution in [1.82, 2.24) is 4.68 Å². The molecule has 0 radical (unpaired) electrons. The van der Waals surface area contributed by atoms with Gasteiger partial charge in [0.05, 0.1) is 24.8 Å². The van der Waals surface area contributed by atoms with Crippen LogP contribution in [0.15, 0.2) is 36.4 Å². The lowest BCUT2D eigenvalue weighted by molar-refractivity contribution is -2.00. The second kappa shape index (κ2) is 8.16. The molecule has 1 unspecified atom stereocenters. The average Bonchev–Trinajstić information content (AvgIpc) is 2.83. The van der Waals surface area contributed by atoms with Crippen LogP contribution in [0.3, 0.4) is 0 Å². The minimum atomic E-state index is -4.94. The van der Waals surface area contributed by atoms with E-state index in [9.17, 15) is 0 Å². The van der Waals surface area contributed by atoms with E-state index in [2.05, 4.69) is 71.7 Å². The first-order chi connectivity index (χ1) is 11.7. The number of hydrogen-bond donors (Lipinski definition) is 0. The van der Waals surface area contributed by atoms with Crippen molar-refractivity contribution in [2.75, 3.05) is 18.0 Å². The summed E-state index contributed by atoms with van der Waals surface area (Å²) in [5, 5.41) is 0. The van der Waals surface area contributed by atoms with Crippen LogP contribution in [0, 0.1) is 16.2 Å². The second-order valence-corrected chi connectivity index (χ2v) is 7.13. The van der Waals surface area contributed by atoms with E-state index in [1.54, 1.807) is 0 Å². The van der Waals surface area contributed by atoms with Crippen LogP contribution in [0.4, 0.5) is 5.82 Å². The summed E-state index contributed by atoms with van der Waals surface area (Å²) in [5.74, 6) is 2.13. The zero-order valence-corrected chi connectivity index (χ0v) is 15.5. The fourth-order valence-electron chi connectivity index (χ4n) is 3.20. The first kappa shape index (κ1) is 19.7. The van der Waals surface area contributed by atoms with Crippen molar-refractivity contribution in [1.29, 1.82) is 0 Å². The topological polar surface area (TPSA) is 104 Å². The Labute approximate surface area is 150 Å². The second-order valence-electron chi connectivity index (χ2n) is 6.37. The predicted molar refractivity (Wildman–Crippen MR) is 82.6 cm³/mol. The molecular formula is C17H24ClN3O4. The number of rotatable bonds is 2. The highest BCUT2D eigenvalue weighted by molar-refractivity contribution is 5.62. The van der Waals surface area contributed by atoms with Crippen molar-refractivity contribution in [3.05, 3.63) is 36.4 Å². The minimum absolute atomic E-state index is 0.795. The maximum atomic E-state index is 8.49. The van der Waals surface area contributed by atoms with Gasteiger partial charge in [-0.15, -0.1) is 10.2 Å². The first-order valence-corrected chi connectivity index (χ1v) is 9.38. The maximum absolute atomic E-state index is 8.49.